The lowest BCUT2D eigenvalue weighted by molar-refractivity contribution is -0.138. The van der Waals surface area contributed by atoms with E-state index >= 15 is 0 Å². The minimum absolute atomic E-state index is 0.276. The minimum Gasteiger partial charge on any atom is -0.444 e. The Hall–Kier alpha value is -3.35. The summed E-state index contributed by atoms with van der Waals surface area (Å²) in [5.41, 5.74) is 3.53. The normalized spacial score (nSPS) is 12.0. The molecule has 0 aliphatic carbocycles. The van der Waals surface area contributed by atoms with E-state index < -0.39 is 17.7 Å². The summed E-state index contributed by atoms with van der Waals surface area (Å²) in [5, 5.41) is 5.49. The van der Waals surface area contributed by atoms with Crippen molar-refractivity contribution in [3.05, 3.63) is 64.7 Å². The van der Waals surface area contributed by atoms with Gasteiger partial charge in [-0.1, -0.05) is 36.4 Å². The molecule has 0 heterocycles. The number of carbonyl (C=O) groups is 3. The lowest BCUT2D eigenvalue weighted by Crippen LogP contribution is -2.46. The van der Waals surface area contributed by atoms with Crippen LogP contribution in [0.5, 0.6) is 0 Å². The third-order valence-electron chi connectivity index (χ3n) is 5.22. The van der Waals surface area contributed by atoms with Crippen LogP contribution in [0.3, 0.4) is 0 Å². The van der Waals surface area contributed by atoms with Crippen LogP contribution in [0.2, 0.25) is 0 Å². The van der Waals surface area contributed by atoms with Crippen molar-refractivity contribution in [1.29, 1.82) is 0 Å². The van der Waals surface area contributed by atoms with Gasteiger partial charge in [-0.2, -0.15) is 0 Å². The van der Waals surface area contributed by atoms with E-state index in [9.17, 15) is 14.4 Å². The first-order valence-electron chi connectivity index (χ1n) is 11.1. The number of ether oxygens (including phenoxy) is 1. The van der Waals surface area contributed by atoms with Gasteiger partial charge in [0.1, 0.15) is 18.2 Å². The summed E-state index contributed by atoms with van der Waals surface area (Å²) < 4.78 is 5.22. The lowest BCUT2D eigenvalue weighted by atomic mass is 9.94. The molecule has 7 nitrogen and oxygen atoms in total. The second kappa shape index (κ2) is 11.0. The van der Waals surface area contributed by atoms with E-state index in [1.54, 1.807) is 20.8 Å². The van der Waals surface area contributed by atoms with Crippen molar-refractivity contribution in [2.24, 2.45) is 0 Å². The maximum Gasteiger partial charge on any atom is 0.408 e. The molecule has 1 atom stereocenters. The van der Waals surface area contributed by atoms with Gasteiger partial charge in [0.2, 0.25) is 5.91 Å². The summed E-state index contributed by atoms with van der Waals surface area (Å²) in [4.78, 5) is 40.3. The Morgan fingerprint density at radius 3 is 2.06 bits per heavy atom. The number of anilines is 1. The fraction of sp³-hybridized carbons (Fsp3) is 0.423. The highest BCUT2D eigenvalue weighted by molar-refractivity contribution is 5.99. The predicted octanol–water partition coefficient (Wildman–Crippen LogP) is 4.66. The first-order chi connectivity index (χ1) is 15.4. The first-order valence-corrected chi connectivity index (χ1v) is 11.1. The van der Waals surface area contributed by atoms with E-state index in [1.165, 1.54) is 4.90 Å². The third kappa shape index (κ3) is 7.07. The standard InChI is InChI=1S/C26H35N3O4/c1-8-29(21(30)16-27-25(32)33-26(5,6)7)23(22-18(3)13-11-14-19(22)4)24(31)28-20-15-10-9-12-17(20)2/h9-15,23H,8,16H2,1-7H3,(H,27,32)(H,28,31). The van der Waals surface area contributed by atoms with Crippen LogP contribution >= 0.6 is 0 Å². The number of aryl methyl sites for hydroxylation is 3. The summed E-state index contributed by atoms with van der Waals surface area (Å²) in [7, 11) is 0. The van der Waals surface area contributed by atoms with Gasteiger partial charge in [0.15, 0.2) is 0 Å². The lowest BCUT2D eigenvalue weighted by Gasteiger charge is -2.32. The second-order valence-electron chi connectivity index (χ2n) is 9.05. The number of amides is 3. The fourth-order valence-electron chi connectivity index (χ4n) is 3.67. The quantitative estimate of drug-likeness (QED) is 0.638. The summed E-state index contributed by atoms with van der Waals surface area (Å²) in [6.45, 7) is 12.8. The Morgan fingerprint density at radius 1 is 0.939 bits per heavy atom. The van der Waals surface area contributed by atoms with Gasteiger partial charge in [-0.15, -0.1) is 0 Å². The molecule has 0 aliphatic heterocycles. The van der Waals surface area contributed by atoms with E-state index in [4.69, 9.17) is 4.74 Å². The number of para-hydroxylation sites is 1. The zero-order valence-electron chi connectivity index (χ0n) is 20.6. The average Bonchev–Trinajstić information content (AvgIpc) is 2.71. The molecule has 2 N–H and O–H groups in total. The van der Waals surface area contributed by atoms with Gasteiger partial charge >= 0.3 is 6.09 Å². The highest BCUT2D eigenvalue weighted by atomic mass is 16.6. The van der Waals surface area contributed by atoms with Crippen molar-refractivity contribution in [3.63, 3.8) is 0 Å². The zero-order chi connectivity index (χ0) is 24.8. The molecule has 2 rings (SSSR count). The minimum atomic E-state index is -0.858. The molecule has 0 spiro atoms. The van der Waals surface area contributed by atoms with Crippen LogP contribution in [-0.2, 0) is 14.3 Å². The summed E-state index contributed by atoms with van der Waals surface area (Å²) in [6.07, 6.45) is -0.681. The summed E-state index contributed by atoms with van der Waals surface area (Å²) >= 11 is 0. The molecular weight excluding hydrogens is 418 g/mol. The number of nitrogens with zero attached hydrogens (tertiary/aromatic N) is 1. The Bertz CT molecular complexity index is 991. The van der Waals surface area contributed by atoms with E-state index in [-0.39, 0.29) is 24.9 Å². The molecule has 0 saturated carbocycles. The molecule has 0 aliphatic rings. The van der Waals surface area contributed by atoms with Gasteiger partial charge in [-0.25, -0.2) is 4.79 Å². The number of benzene rings is 2. The molecule has 0 radical (unpaired) electrons. The Kier molecular flexibility index (Phi) is 8.63. The van der Waals surface area contributed by atoms with E-state index in [0.717, 1.165) is 22.3 Å². The number of nitrogens with one attached hydrogen (secondary N) is 2. The van der Waals surface area contributed by atoms with E-state index in [1.807, 2.05) is 70.2 Å². The summed E-state index contributed by atoms with van der Waals surface area (Å²) in [5.74, 6) is -0.690. The van der Waals surface area contributed by atoms with Crippen molar-refractivity contribution in [2.45, 2.75) is 60.1 Å². The molecule has 2 aromatic rings. The molecule has 0 bridgehead atoms. The fourth-order valence-corrected chi connectivity index (χ4v) is 3.67. The maximum absolute atomic E-state index is 13.6. The molecule has 0 fully saturated rings. The van der Waals surface area contributed by atoms with Crippen molar-refractivity contribution in [1.82, 2.24) is 10.2 Å². The smallest absolute Gasteiger partial charge is 0.408 e. The number of hydrogen-bond donors (Lipinski definition) is 2. The number of hydrogen-bond acceptors (Lipinski definition) is 4. The third-order valence-corrected chi connectivity index (χ3v) is 5.22. The van der Waals surface area contributed by atoms with Gasteiger partial charge in [0.05, 0.1) is 0 Å². The van der Waals surface area contributed by atoms with Crippen molar-refractivity contribution in [2.75, 3.05) is 18.4 Å². The SMILES string of the molecule is CCN(C(=O)CNC(=O)OC(C)(C)C)C(C(=O)Nc1ccccc1C)c1c(C)cccc1C. The molecule has 2 aromatic carbocycles. The monoisotopic (exact) mass is 453 g/mol. The number of alkyl carbamates (subject to hydrolysis) is 1. The van der Waals surface area contributed by atoms with Crippen LogP contribution in [0.15, 0.2) is 42.5 Å². The topological polar surface area (TPSA) is 87.7 Å². The molecular formula is C26H35N3O4. The van der Waals surface area contributed by atoms with Crippen LogP contribution in [0.25, 0.3) is 0 Å². The molecule has 7 heteroatoms. The molecule has 0 saturated heterocycles. The van der Waals surface area contributed by atoms with Crippen LogP contribution in [0, 0.1) is 20.8 Å². The molecule has 0 aromatic heterocycles. The van der Waals surface area contributed by atoms with Crippen molar-refractivity contribution < 1.29 is 19.1 Å². The number of likely N-dealkylation sites (N-methyl/N-ethyl adjacent to an activating group) is 1. The van der Waals surface area contributed by atoms with Crippen LogP contribution in [0.4, 0.5) is 10.5 Å². The van der Waals surface area contributed by atoms with Crippen LogP contribution in [0.1, 0.15) is 56.0 Å². The van der Waals surface area contributed by atoms with Gasteiger partial charge in [0.25, 0.3) is 5.91 Å². The maximum atomic E-state index is 13.6. The van der Waals surface area contributed by atoms with Crippen molar-refractivity contribution in [3.8, 4) is 0 Å². The van der Waals surface area contributed by atoms with Gasteiger partial charge < -0.3 is 20.3 Å². The van der Waals surface area contributed by atoms with E-state index in [0.29, 0.717) is 5.69 Å². The van der Waals surface area contributed by atoms with Crippen LogP contribution in [-0.4, -0.2) is 41.5 Å². The Balaban J connectivity index is 2.36. The Morgan fingerprint density at radius 2 is 1.52 bits per heavy atom. The Labute approximate surface area is 196 Å². The van der Waals surface area contributed by atoms with Gasteiger partial charge in [-0.3, -0.25) is 9.59 Å². The van der Waals surface area contributed by atoms with Crippen molar-refractivity contribution >= 4 is 23.6 Å². The van der Waals surface area contributed by atoms with Gasteiger partial charge in [0, 0.05) is 12.2 Å². The summed E-state index contributed by atoms with van der Waals surface area (Å²) in [6, 6.07) is 12.4. The molecule has 3 amide bonds. The molecule has 178 valence electrons. The van der Waals surface area contributed by atoms with Crippen LogP contribution < -0.4 is 10.6 Å². The second-order valence-corrected chi connectivity index (χ2v) is 9.05. The number of rotatable bonds is 7. The largest absolute Gasteiger partial charge is 0.444 e. The first kappa shape index (κ1) is 25.9. The van der Waals surface area contributed by atoms with Gasteiger partial charge in [-0.05, 0) is 76.8 Å². The average molecular weight is 454 g/mol. The molecule has 33 heavy (non-hydrogen) atoms. The highest BCUT2D eigenvalue weighted by Gasteiger charge is 2.33. The predicted molar refractivity (Wildman–Crippen MR) is 130 cm³/mol. The highest BCUT2D eigenvalue weighted by Crippen LogP contribution is 2.29. The number of carbonyl (C=O) groups excluding carboxylic acids is 3. The molecule has 1 unspecified atom stereocenters. The zero-order valence-corrected chi connectivity index (χ0v) is 20.6. The van der Waals surface area contributed by atoms with E-state index in [2.05, 4.69) is 10.6 Å².